The lowest BCUT2D eigenvalue weighted by Gasteiger charge is -2.07. The predicted molar refractivity (Wildman–Crippen MR) is 57.4 cm³/mol. The summed E-state index contributed by atoms with van der Waals surface area (Å²) in [7, 11) is 1.74. The molecular weight excluding hydrogens is 194 g/mol. The smallest absolute Gasteiger partial charge is 0.248 e. The van der Waals surface area contributed by atoms with Gasteiger partial charge in [-0.25, -0.2) is 0 Å². The molecule has 0 fully saturated rings. The lowest BCUT2D eigenvalue weighted by molar-refractivity contribution is -0.117. The van der Waals surface area contributed by atoms with E-state index in [1.807, 2.05) is 0 Å². The number of rotatable bonds is 4. The molecule has 0 saturated heterocycles. The van der Waals surface area contributed by atoms with E-state index in [1.165, 1.54) is 0 Å². The molecule has 2 amide bonds. The summed E-state index contributed by atoms with van der Waals surface area (Å²) in [5, 5.41) is 2.90. The third-order valence-corrected chi connectivity index (χ3v) is 2.02. The quantitative estimate of drug-likeness (QED) is 0.640. The first-order valence-corrected chi connectivity index (χ1v) is 4.43. The third kappa shape index (κ3) is 2.70. The van der Waals surface area contributed by atoms with Crippen molar-refractivity contribution in [3.8, 4) is 0 Å². The van der Waals surface area contributed by atoms with Crippen molar-refractivity contribution in [1.82, 2.24) is 0 Å². The summed E-state index contributed by atoms with van der Waals surface area (Å²) in [5.74, 6) is -1.06. The Morgan fingerprint density at radius 1 is 1.33 bits per heavy atom. The highest BCUT2D eigenvalue weighted by Crippen LogP contribution is 2.15. The van der Waals surface area contributed by atoms with Gasteiger partial charge in [0, 0.05) is 18.3 Å². The highest BCUT2D eigenvalue weighted by atomic mass is 16.1. The van der Waals surface area contributed by atoms with Crippen molar-refractivity contribution in [2.24, 2.45) is 11.5 Å². The van der Waals surface area contributed by atoms with Gasteiger partial charge in [-0.05, 0) is 23.8 Å². The van der Waals surface area contributed by atoms with Crippen LogP contribution >= 0.6 is 0 Å². The average molecular weight is 207 g/mol. The van der Waals surface area contributed by atoms with Crippen LogP contribution in [0.3, 0.4) is 0 Å². The Hall–Kier alpha value is -2.04. The Morgan fingerprint density at radius 3 is 2.47 bits per heavy atom. The number of carbonyl (C=O) groups is 2. The molecule has 0 saturated carbocycles. The zero-order valence-electron chi connectivity index (χ0n) is 8.41. The van der Waals surface area contributed by atoms with Gasteiger partial charge in [-0.15, -0.1) is 0 Å². The van der Waals surface area contributed by atoms with E-state index in [0.717, 1.165) is 5.69 Å². The second kappa shape index (κ2) is 4.45. The fraction of sp³-hybridized carbons (Fsp3) is 0.200. The van der Waals surface area contributed by atoms with Crippen LogP contribution in [-0.4, -0.2) is 18.9 Å². The summed E-state index contributed by atoms with van der Waals surface area (Å²) in [5.41, 5.74) is 11.9. The molecule has 1 rings (SSSR count). The van der Waals surface area contributed by atoms with Gasteiger partial charge >= 0.3 is 0 Å². The Bertz CT molecular complexity index is 402. The van der Waals surface area contributed by atoms with Crippen molar-refractivity contribution in [2.45, 2.75) is 6.42 Å². The zero-order chi connectivity index (χ0) is 11.4. The van der Waals surface area contributed by atoms with Gasteiger partial charge < -0.3 is 16.8 Å². The van der Waals surface area contributed by atoms with Crippen molar-refractivity contribution in [1.29, 1.82) is 0 Å². The molecule has 0 bridgehead atoms. The molecular formula is C10H13N3O2. The van der Waals surface area contributed by atoms with Crippen LogP contribution in [0.2, 0.25) is 0 Å². The number of primary amides is 2. The molecule has 5 heteroatoms. The molecule has 0 atom stereocenters. The molecule has 0 spiro atoms. The van der Waals surface area contributed by atoms with Crippen LogP contribution in [0.4, 0.5) is 5.69 Å². The summed E-state index contributed by atoms with van der Waals surface area (Å²) in [6.07, 6.45) is 0.00773. The maximum Gasteiger partial charge on any atom is 0.248 e. The van der Waals surface area contributed by atoms with Gasteiger partial charge in [0.15, 0.2) is 0 Å². The van der Waals surface area contributed by atoms with E-state index in [0.29, 0.717) is 11.1 Å². The average Bonchev–Trinajstić information content (AvgIpc) is 2.16. The number of nitrogens with two attached hydrogens (primary N) is 2. The van der Waals surface area contributed by atoms with Gasteiger partial charge in [-0.2, -0.15) is 0 Å². The zero-order valence-corrected chi connectivity index (χ0v) is 8.41. The SMILES string of the molecule is CNc1ccc(C(N)=O)c(CC(N)=O)c1. The molecule has 0 aliphatic heterocycles. The molecule has 0 aliphatic rings. The number of anilines is 1. The maximum absolute atomic E-state index is 11.1. The molecule has 0 heterocycles. The summed E-state index contributed by atoms with van der Waals surface area (Å²) in [6, 6.07) is 4.97. The number of hydrogen-bond acceptors (Lipinski definition) is 3. The molecule has 80 valence electrons. The molecule has 5 nitrogen and oxygen atoms in total. The van der Waals surface area contributed by atoms with Crippen molar-refractivity contribution in [3.63, 3.8) is 0 Å². The first-order valence-electron chi connectivity index (χ1n) is 4.43. The summed E-state index contributed by atoms with van der Waals surface area (Å²) in [6.45, 7) is 0. The minimum Gasteiger partial charge on any atom is -0.388 e. The van der Waals surface area contributed by atoms with Crippen molar-refractivity contribution in [2.75, 3.05) is 12.4 Å². The highest BCUT2D eigenvalue weighted by Gasteiger charge is 2.10. The van der Waals surface area contributed by atoms with E-state index >= 15 is 0 Å². The minimum atomic E-state index is -0.561. The van der Waals surface area contributed by atoms with Gasteiger partial charge in [-0.1, -0.05) is 0 Å². The van der Waals surface area contributed by atoms with Crippen LogP contribution < -0.4 is 16.8 Å². The summed E-state index contributed by atoms with van der Waals surface area (Å²) in [4.78, 5) is 21.8. The molecule has 5 N–H and O–H groups in total. The number of carbonyl (C=O) groups excluding carboxylic acids is 2. The maximum atomic E-state index is 11.1. The molecule has 1 aromatic carbocycles. The van der Waals surface area contributed by atoms with E-state index in [-0.39, 0.29) is 6.42 Å². The van der Waals surface area contributed by atoms with Crippen LogP contribution in [0, 0.1) is 0 Å². The van der Waals surface area contributed by atoms with Crippen molar-refractivity contribution < 1.29 is 9.59 Å². The van der Waals surface area contributed by atoms with Gasteiger partial charge in [0.25, 0.3) is 0 Å². The van der Waals surface area contributed by atoms with Crippen LogP contribution in [0.15, 0.2) is 18.2 Å². The van der Waals surface area contributed by atoms with E-state index in [2.05, 4.69) is 5.32 Å². The Morgan fingerprint density at radius 2 is 2.00 bits per heavy atom. The third-order valence-electron chi connectivity index (χ3n) is 2.02. The molecule has 0 aliphatic carbocycles. The van der Waals surface area contributed by atoms with Crippen molar-refractivity contribution >= 4 is 17.5 Å². The lowest BCUT2D eigenvalue weighted by Crippen LogP contribution is -2.19. The summed E-state index contributed by atoms with van der Waals surface area (Å²) < 4.78 is 0. The van der Waals surface area contributed by atoms with E-state index in [9.17, 15) is 9.59 Å². The fourth-order valence-electron chi connectivity index (χ4n) is 1.32. The van der Waals surface area contributed by atoms with Gasteiger partial charge in [0.05, 0.1) is 6.42 Å². The standard InChI is InChI=1S/C10H13N3O2/c1-13-7-2-3-8(10(12)15)6(4-7)5-9(11)14/h2-4,13H,5H2,1H3,(H2,11,14)(H2,12,15). The van der Waals surface area contributed by atoms with Crippen LogP contribution in [-0.2, 0) is 11.2 Å². The molecule has 15 heavy (non-hydrogen) atoms. The van der Waals surface area contributed by atoms with Crippen LogP contribution in [0.25, 0.3) is 0 Å². The van der Waals surface area contributed by atoms with E-state index in [1.54, 1.807) is 25.2 Å². The first kappa shape index (κ1) is 11.0. The normalized spacial score (nSPS) is 9.67. The Kier molecular flexibility index (Phi) is 3.28. The van der Waals surface area contributed by atoms with E-state index in [4.69, 9.17) is 11.5 Å². The molecule has 0 radical (unpaired) electrons. The largest absolute Gasteiger partial charge is 0.388 e. The second-order valence-corrected chi connectivity index (χ2v) is 3.13. The topological polar surface area (TPSA) is 98.2 Å². The van der Waals surface area contributed by atoms with Crippen LogP contribution in [0.5, 0.6) is 0 Å². The summed E-state index contributed by atoms with van der Waals surface area (Å²) >= 11 is 0. The number of nitrogens with one attached hydrogen (secondary N) is 1. The highest BCUT2D eigenvalue weighted by molar-refractivity contribution is 5.96. The van der Waals surface area contributed by atoms with E-state index < -0.39 is 11.8 Å². The lowest BCUT2D eigenvalue weighted by atomic mass is 10.0. The first-order chi connectivity index (χ1) is 7.04. The van der Waals surface area contributed by atoms with Crippen LogP contribution in [0.1, 0.15) is 15.9 Å². The van der Waals surface area contributed by atoms with Gasteiger partial charge in [0.2, 0.25) is 11.8 Å². The number of hydrogen-bond donors (Lipinski definition) is 3. The Balaban J connectivity index is 3.16. The number of amides is 2. The molecule has 0 aromatic heterocycles. The minimum absolute atomic E-state index is 0.00773. The van der Waals surface area contributed by atoms with Gasteiger partial charge in [0.1, 0.15) is 0 Å². The van der Waals surface area contributed by atoms with Crippen molar-refractivity contribution in [3.05, 3.63) is 29.3 Å². The Labute approximate surface area is 87.4 Å². The van der Waals surface area contributed by atoms with Gasteiger partial charge in [-0.3, -0.25) is 9.59 Å². The fourth-order valence-corrected chi connectivity index (χ4v) is 1.32. The molecule has 0 unspecified atom stereocenters. The predicted octanol–water partition coefficient (Wildman–Crippen LogP) is -0.145. The monoisotopic (exact) mass is 207 g/mol. The second-order valence-electron chi connectivity index (χ2n) is 3.13. The molecule has 1 aromatic rings. The number of benzene rings is 1.